The number of hydrogen-bond acceptors (Lipinski definition) is 3. The summed E-state index contributed by atoms with van der Waals surface area (Å²) in [5.74, 6) is 1.54. The summed E-state index contributed by atoms with van der Waals surface area (Å²) >= 11 is 0. The van der Waals surface area contributed by atoms with Crippen molar-refractivity contribution >= 4 is 17.6 Å². The summed E-state index contributed by atoms with van der Waals surface area (Å²) in [6.07, 6.45) is 2.94. The fourth-order valence-electron chi connectivity index (χ4n) is 4.02. The molecule has 2 saturated heterocycles. The van der Waals surface area contributed by atoms with Crippen molar-refractivity contribution in [3.8, 4) is 0 Å². The number of carbonyl (C=O) groups excluding carboxylic acids is 1. The van der Waals surface area contributed by atoms with E-state index in [9.17, 15) is 9.18 Å². The number of hydrogen-bond donors (Lipinski definition) is 1. The molecule has 0 bridgehead atoms. The standard InChI is InChI=1S/C21H32FN5O/c1-17-4-3-11-27(16-17)21(23-2)24-10-9-20(28)26-14-12-25(13-15-26)19-7-5-18(22)6-8-19/h5-8,17H,3-4,9-16H2,1-2H3,(H,23,24). The van der Waals surface area contributed by atoms with Gasteiger partial charge in [-0.15, -0.1) is 0 Å². The van der Waals surface area contributed by atoms with Gasteiger partial charge in [0.1, 0.15) is 5.82 Å². The van der Waals surface area contributed by atoms with Crippen molar-refractivity contribution in [1.29, 1.82) is 0 Å². The minimum Gasteiger partial charge on any atom is -0.368 e. The Bertz CT molecular complexity index is 670. The third-order valence-electron chi connectivity index (χ3n) is 5.61. The predicted octanol–water partition coefficient (Wildman–Crippen LogP) is 2.17. The molecule has 6 nitrogen and oxygen atoms in total. The average molecular weight is 390 g/mol. The Balaban J connectivity index is 1.40. The van der Waals surface area contributed by atoms with E-state index in [4.69, 9.17) is 0 Å². The van der Waals surface area contributed by atoms with Crippen molar-refractivity contribution in [3.05, 3.63) is 30.1 Å². The molecule has 1 aromatic carbocycles. The number of nitrogens with zero attached hydrogens (tertiary/aromatic N) is 4. The van der Waals surface area contributed by atoms with Gasteiger partial charge in [0.05, 0.1) is 0 Å². The smallest absolute Gasteiger partial charge is 0.224 e. The van der Waals surface area contributed by atoms with E-state index in [1.165, 1.54) is 25.0 Å². The van der Waals surface area contributed by atoms with Gasteiger partial charge in [-0.2, -0.15) is 0 Å². The SMILES string of the molecule is CN=C(NCCC(=O)N1CCN(c2ccc(F)cc2)CC1)N1CCCC(C)C1. The summed E-state index contributed by atoms with van der Waals surface area (Å²) < 4.78 is 13.1. The van der Waals surface area contributed by atoms with Crippen LogP contribution in [-0.2, 0) is 4.79 Å². The van der Waals surface area contributed by atoms with Gasteiger partial charge in [0.2, 0.25) is 5.91 Å². The number of anilines is 1. The molecule has 1 amide bonds. The van der Waals surface area contributed by atoms with Crippen molar-refractivity contribution in [1.82, 2.24) is 15.1 Å². The Kier molecular flexibility index (Phi) is 7.12. The van der Waals surface area contributed by atoms with Crippen molar-refractivity contribution < 1.29 is 9.18 Å². The number of carbonyl (C=O) groups is 1. The molecule has 0 radical (unpaired) electrons. The quantitative estimate of drug-likeness (QED) is 0.633. The van der Waals surface area contributed by atoms with E-state index in [-0.39, 0.29) is 11.7 Å². The Morgan fingerprint density at radius 1 is 1.14 bits per heavy atom. The van der Waals surface area contributed by atoms with Crippen molar-refractivity contribution in [2.24, 2.45) is 10.9 Å². The molecule has 0 saturated carbocycles. The number of likely N-dealkylation sites (tertiary alicyclic amines) is 1. The first kappa shape index (κ1) is 20.4. The van der Waals surface area contributed by atoms with Crippen LogP contribution in [0.5, 0.6) is 0 Å². The molecule has 0 aliphatic carbocycles. The molecule has 1 aromatic rings. The maximum atomic E-state index is 13.1. The van der Waals surface area contributed by atoms with Crippen LogP contribution in [0.3, 0.4) is 0 Å². The van der Waals surface area contributed by atoms with Gasteiger partial charge in [0.15, 0.2) is 5.96 Å². The van der Waals surface area contributed by atoms with Gasteiger partial charge in [-0.3, -0.25) is 9.79 Å². The van der Waals surface area contributed by atoms with Gasteiger partial charge in [-0.1, -0.05) is 6.92 Å². The highest BCUT2D eigenvalue weighted by atomic mass is 19.1. The zero-order valence-corrected chi connectivity index (χ0v) is 17.0. The van der Waals surface area contributed by atoms with Crippen LogP contribution in [0, 0.1) is 11.7 Å². The predicted molar refractivity (Wildman–Crippen MR) is 111 cm³/mol. The molecule has 2 heterocycles. The first-order chi connectivity index (χ1) is 13.6. The maximum absolute atomic E-state index is 13.1. The van der Waals surface area contributed by atoms with Crippen LogP contribution in [0.4, 0.5) is 10.1 Å². The molecule has 1 atom stereocenters. The van der Waals surface area contributed by atoms with Crippen molar-refractivity contribution in [3.63, 3.8) is 0 Å². The second-order valence-corrected chi connectivity index (χ2v) is 7.76. The highest BCUT2D eigenvalue weighted by Crippen LogP contribution is 2.17. The first-order valence-corrected chi connectivity index (χ1v) is 10.3. The van der Waals surface area contributed by atoms with Crippen LogP contribution in [-0.4, -0.2) is 74.5 Å². The Hall–Kier alpha value is -2.31. The number of amides is 1. The molecule has 154 valence electrons. The number of guanidine groups is 1. The zero-order valence-electron chi connectivity index (χ0n) is 17.0. The molecule has 1 unspecified atom stereocenters. The summed E-state index contributed by atoms with van der Waals surface area (Å²) in [6.45, 7) is 7.89. The molecule has 0 aromatic heterocycles. The number of benzene rings is 1. The summed E-state index contributed by atoms with van der Waals surface area (Å²) in [4.78, 5) is 23.3. The number of aliphatic imine (C=N–C) groups is 1. The molecule has 1 N–H and O–H groups in total. The topological polar surface area (TPSA) is 51.2 Å². The minimum atomic E-state index is -0.223. The van der Waals surface area contributed by atoms with Gasteiger partial charge in [-0.05, 0) is 43.0 Å². The number of nitrogens with one attached hydrogen (secondary N) is 1. The molecule has 3 rings (SSSR count). The van der Waals surface area contributed by atoms with E-state index in [0.717, 1.165) is 37.8 Å². The van der Waals surface area contributed by atoms with E-state index in [1.807, 2.05) is 4.90 Å². The third-order valence-corrected chi connectivity index (χ3v) is 5.61. The van der Waals surface area contributed by atoms with E-state index >= 15 is 0 Å². The zero-order chi connectivity index (χ0) is 19.9. The lowest BCUT2D eigenvalue weighted by Crippen LogP contribution is -2.50. The molecule has 2 fully saturated rings. The fourth-order valence-corrected chi connectivity index (χ4v) is 4.02. The van der Waals surface area contributed by atoms with Crippen LogP contribution in [0.25, 0.3) is 0 Å². The Morgan fingerprint density at radius 2 is 1.86 bits per heavy atom. The molecule has 7 heteroatoms. The lowest BCUT2D eigenvalue weighted by molar-refractivity contribution is -0.131. The molecule has 2 aliphatic rings. The van der Waals surface area contributed by atoms with Crippen LogP contribution in [0.1, 0.15) is 26.2 Å². The summed E-state index contributed by atoms with van der Waals surface area (Å²) in [5.41, 5.74) is 1.01. The van der Waals surface area contributed by atoms with Gasteiger partial charge in [-0.25, -0.2) is 4.39 Å². The number of halogens is 1. The van der Waals surface area contributed by atoms with Crippen molar-refractivity contribution in [2.45, 2.75) is 26.2 Å². The Labute approximate surface area is 167 Å². The monoisotopic (exact) mass is 389 g/mol. The second-order valence-electron chi connectivity index (χ2n) is 7.76. The third kappa shape index (κ3) is 5.36. The van der Waals surface area contributed by atoms with Crippen LogP contribution in [0.2, 0.25) is 0 Å². The van der Waals surface area contributed by atoms with E-state index in [2.05, 4.69) is 27.0 Å². The number of piperazine rings is 1. The number of piperidine rings is 1. The van der Waals surface area contributed by atoms with Gasteiger partial charge < -0.3 is 20.0 Å². The first-order valence-electron chi connectivity index (χ1n) is 10.3. The molecular weight excluding hydrogens is 357 g/mol. The van der Waals surface area contributed by atoms with Gasteiger partial charge in [0.25, 0.3) is 0 Å². The Morgan fingerprint density at radius 3 is 2.50 bits per heavy atom. The fraction of sp³-hybridized carbons (Fsp3) is 0.619. The van der Waals surface area contributed by atoms with Gasteiger partial charge >= 0.3 is 0 Å². The highest BCUT2D eigenvalue weighted by molar-refractivity contribution is 5.81. The molecule has 0 spiro atoms. The lowest BCUT2D eigenvalue weighted by atomic mass is 10.0. The lowest BCUT2D eigenvalue weighted by Gasteiger charge is -2.36. The van der Waals surface area contributed by atoms with Crippen molar-refractivity contribution in [2.75, 3.05) is 57.8 Å². The van der Waals surface area contributed by atoms with Crippen LogP contribution < -0.4 is 10.2 Å². The normalized spacial score (nSPS) is 21.0. The van der Waals surface area contributed by atoms with Crippen LogP contribution in [0.15, 0.2) is 29.3 Å². The maximum Gasteiger partial charge on any atom is 0.224 e. The van der Waals surface area contributed by atoms with Gasteiger partial charge in [0, 0.05) is 65.0 Å². The molecule has 2 aliphatic heterocycles. The van der Waals surface area contributed by atoms with Crippen LogP contribution >= 0.6 is 0 Å². The van der Waals surface area contributed by atoms with E-state index in [1.54, 1.807) is 19.2 Å². The molecule has 28 heavy (non-hydrogen) atoms. The van der Waals surface area contributed by atoms with E-state index in [0.29, 0.717) is 32.0 Å². The van der Waals surface area contributed by atoms with E-state index < -0.39 is 0 Å². The summed E-state index contributed by atoms with van der Waals surface area (Å²) in [6, 6.07) is 6.55. The summed E-state index contributed by atoms with van der Waals surface area (Å²) in [7, 11) is 1.80. The average Bonchev–Trinajstić information content (AvgIpc) is 2.72. The molecular formula is C21H32FN5O. The second kappa shape index (κ2) is 9.75. The highest BCUT2D eigenvalue weighted by Gasteiger charge is 2.22. The minimum absolute atomic E-state index is 0.175. The summed E-state index contributed by atoms with van der Waals surface area (Å²) in [5, 5.41) is 3.35. The largest absolute Gasteiger partial charge is 0.368 e. The number of rotatable bonds is 4.